The van der Waals surface area contributed by atoms with Crippen LogP contribution in [0.3, 0.4) is 0 Å². The molecule has 0 spiro atoms. The lowest BCUT2D eigenvalue weighted by atomic mass is 8.36. The van der Waals surface area contributed by atoms with Gasteiger partial charge in [0.25, 0.3) is 0 Å². The molecule has 0 fully saturated rings. The Morgan fingerprint density at radius 3 is 0.727 bits per heavy atom. The molecule has 0 saturated carbocycles. The standard InChI is InChI=1S/B22H2/c1-13(2)19(14(3)4)22(20(15(5)6)16(7)8)21(17(9)10)18(11)12/h1-2H. The molecule has 0 aromatic carbocycles. The van der Waals surface area contributed by atoms with E-state index >= 15 is 0 Å². The highest BCUT2D eigenvalue weighted by Crippen LogP contribution is 2.08. The van der Waals surface area contributed by atoms with Crippen LogP contribution in [0.25, 0.3) is 0 Å². The van der Waals surface area contributed by atoms with Crippen molar-refractivity contribution in [1.82, 2.24) is 0 Å². The van der Waals surface area contributed by atoms with Gasteiger partial charge in [-0.3, -0.25) is 0 Å². The van der Waals surface area contributed by atoms with Crippen molar-refractivity contribution in [2.75, 3.05) is 0 Å². The van der Waals surface area contributed by atoms with E-state index in [0.717, 1.165) is 0 Å². The molecule has 0 aromatic heterocycles. The van der Waals surface area contributed by atoms with Gasteiger partial charge in [0.15, 0.2) is 0 Å². The Hall–Kier alpha value is 1.43. The zero-order chi connectivity index (χ0) is 17.8. The smallest absolute Gasteiger partial charge is 0.0000000000131 e. The summed E-state index contributed by atoms with van der Waals surface area (Å²) < 4.78 is 0. The first-order valence-corrected chi connectivity index (χ1v) is 7.15. The Morgan fingerprint density at radius 2 is 0.591 bits per heavy atom. The number of hydrogen-bond donors (Lipinski definition) is 0. The van der Waals surface area contributed by atoms with Crippen LogP contribution in [0.2, 0.25) is 0 Å². The maximum Gasteiger partial charge on any atom is 0.0326 e. The van der Waals surface area contributed by atoms with Gasteiger partial charge in [0.2, 0.25) is 0 Å². The maximum absolute atomic E-state index is 5.89. The van der Waals surface area contributed by atoms with Crippen molar-refractivity contribution in [1.29, 1.82) is 0 Å². The van der Waals surface area contributed by atoms with Crippen LogP contribution in [0.1, 0.15) is 0 Å². The Kier molecular flexibility index (Phi) is 11.1. The van der Waals surface area contributed by atoms with E-state index < -0.39 is 63.9 Å². The minimum absolute atomic E-state index is 0.426. The summed E-state index contributed by atoms with van der Waals surface area (Å²) in [6.45, 7) is 0. The minimum atomic E-state index is -0.870. The molecule has 22 heteroatoms. The van der Waals surface area contributed by atoms with Crippen LogP contribution >= 0.6 is 0 Å². The third-order valence-corrected chi connectivity index (χ3v) is 4.10. The SMILES string of the molecule is [B]B([B])B(B([B])[B])B(B(B([B])[B])B([B])[B])B(B([B])[B])B([BH])[BH]. The fourth-order valence-electron chi connectivity index (χ4n) is 3.19. The third kappa shape index (κ3) is 6.38. The van der Waals surface area contributed by atoms with Gasteiger partial charge < -0.3 is 0 Å². The predicted octanol–water partition coefficient (Wildman–Crippen LogP) is -8.91. The third-order valence-electron chi connectivity index (χ3n) is 4.10. The van der Waals surface area contributed by atoms with Gasteiger partial charge in [-0.1, -0.05) is 0 Å². The lowest BCUT2D eigenvalue weighted by Gasteiger charge is -2.45. The first-order valence-electron chi connectivity index (χ1n) is 7.15. The van der Waals surface area contributed by atoms with Crippen LogP contribution in [-0.2, 0) is 0 Å². The molecule has 0 aromatic rings. The maximum atomic E-state index is 5.89. The van der Waals surface area contributed by atoms with E-state index in [1.165, 1.54) is 0 Å². The van der Waals surface area contributed by atoms with Crippen LogP contribution in [0.15, 0.2) is 0 Å². The molecular weight excluding hydrogens is 238 g/mol. The molecule has 0 heterocycles. The van der Waals surface area contributed by atoms with E-state index in [-0.39, 0.29) is 0 Å². The molecule has 0 aliphatic heterocycles. The molecule has 0 atom stereocenters. The highest BCUT2D eigenvalue weighted by molar-refractivity contribution is 8.22. The zero-order valence-electron chi connectivity index (χ0n) is 13.0. The summed E-state index contributed by atoms with van der Waals surface area (Å²) in [6.07, 6.45) is -6.98. The van der Waals surface area contributed by atoms with E-state index in [0.29, 0.717) is 0 Å². The van der Waals surface area contributed by atoms with Crippen LogP contribution in [0.4, 0.5) is 0 Å². The second-order valence-corrected chi connectivity index (χ2v) is 5.96. The number of rotatable bonds is 9. The fraction of sp³-hybridized carbons (Fsp3) is 0. The van der Waals surface area contributed by atoms with Crippen LogP contribution in [0.5, 0.6) is 0 Å². The van der Waals surface area contributed by atoms with Gasteiger partial charge in [-0.05, 0) is 0 Å². The average molecular weight is 240 g/mol. The second-order valence-electron chi connectivity index (χ2n) is 5.96. The molecule has 0 N–H and O–H groups in total. The van der Waals surface area contributed by atoms with Gasteiger partial charge >= 0.3 is 0 Å². The van der Waals surface area contributed by atoms with Crippen molar-refractivity contribution >= 4 is 157 Å². The average Bonchev–Trinajstić information content (AvgIpc) is 2.24. The minimum Gasteiger partial charge on any atom is 0.0000000000131 e. The summed E-state index contributed by atoms with van der Waals surface area (Å²) in [6, 6.07) is 0. The molecule has 0 aliphatic rings. The molecule has 22 heavy (non-hydrogen) atoms. The lowest BCUT2D eigenvalue weighted by Crippen LogP contribution is -2.83. The molecule has 68 valence electrons. The van der Waals surface area contributed by atoms with Crippen LogP contribution < -0.4 is 0 Å². The van der Waals surface area contributed by atoms with Crippen LogP contribution in [-0.4, -0.2) is 157 Å². The Morgan fingerprint density at radius 1 is 0.364 bits per heavy atom. The second kappa shape index (κ2) is 10.4. The van der Waals surface area contributed by atoms with Gasteiger partial charge in [-0.2, -0.15) is 0 Å². The molecule has 0 amide bonds. The summed E-state index contributed by atoms with van der Waals surface area (Å²) in [5.74, 6) is 0. The summed E-state index contributed by atoms with van der Waals surface area (Å²) >= 11 is 0. The zero-order valence-corrected chi connectivity index (χ0v) is 13.0. The fourth-order valence-corrected chi connectivity index (χ4v) is 3.19. The summed E-state index contributed by atoms with van der Waals surface area (Å²) in [7, 11) is 66.3. The Labute approximate surface area is 156 Å². The normalized spacial score (nSPS) is 9.27. The van der Waals surface area contributed by atoms with Crippen molar-refractivity contribution < 1.29 is 0 Å². The topological polar surface area (TPSA) is 0 Å². The molecule has 0 aliphatic carbocycles. The van der Waals surface area contributed by atoms with Crippen molar-refractivity contribution in [3.05, 3.63) is 0 Å². The van der Waals surface area contributed by atoms with Crippen molar-refractivity contribution in [2.45, 2.75) is 0 Å². The molecule has 0 unspecified atom stereocenters. The monoisotopic (exact) mass is 244 g/mol. The Balaban J connectivity index is 6.03. The van der Waals surface area contributed by atoms with E-state index in [1.807, 2.05) is 0 Å². The van der Waals surface area contributed by atoms with Crippen molar-refractivity contribution in [2.24, 2.45) is 0 Å². The van der Waals surface area contributed by atoms with Gasteiger partial charge in [0.1, 0.15) is 0 Å². The molecule has 22 radical (unpaired) electrons. The molecule has 0 rings (SSSR count). The van der Waals surface area contributed by atoms with Gasteiger partial charge in [-0.15, -0.1) is 0 Å². The van der Waals surface area contributed by atoms with E-state index in [1.54, 1.807) is 0 Å². The molecular formula is H2B22. The van der Waals surface area contributed by atoms with Crippen molar-refractivity contribution in [3.8, 4) is 0 Å². The quantitative estimate of drug-likeness (QED) is 0.351. The summed E-state index contributed by atoms with van der Waals surface area (Å²) in [4.78, 5) is 0. The lowest BCUT2D eigenvalue weighted by molar-refractivity contribution is 3.31. The molecule has 0 bridgehead atoms. The van der Waals surface area contributed by atoms with E-state index in [9.17, 15) is 0 Å². The van der Waals surface area contributed by atoms with E-state index in [4.69, 9.17) is 77.4 Å². The highest BCUT2D eigenvalue weighted by Gasteiger charge is 2.46. The summed E-state index contributed by atoms with van der Waals surface area (Å²) in [5, 5.41) is 0. The van der Waals surface area contributed by atoms with E-state index in [2.05, 4.69) is 15.5 Å². The predicted molar refractivity (Wildman–Crippen MR) is 129 cm³/mol. The largest absolute Gasteiger partial charge is 0.0326 e. The summed E-state index contributed by atoms with van der Waals surface area (Å²) in [5.41, 5.74) is 0. The first-order chi connectivity index (χ1) is 9.93. The Bertz CT molecular complexity index is 211. The van der Waals surface area contributed by atoms with Gasteiger partial charge in [-0.25, -0.2) is 0 Å². The molecule has 0 saturated heterocycles. The van der Waals surface area contributed by atoms with Gasteiger partial charge in [0.05, 0.1) is 0 Å². The van der Waals surface area contributed by atoms with Gasteiger partial charge in [0, 0.05) is 157 Å². The van der Waals surface area contributed by atoms with Crippen LogP contribution in [0, 0.1) is 0 Å². The highest BCUT2D eigenvalue weighted by atomic mass is 13.3. The van der Waals surface area contributed by atoms with Crippen molar-refractivity contribution in [3.63, 3.8) is 0 Å². The first kappa shape index (κ1) is 23.4. The molecule has 0 nitrogen and oxygen atoms in total. The number of hydrogen-bond acceptors (Lipinski definition) is 0.